The van der Waals surface area contributed by atoms with Gasteiger partial charge in [0.05, 0.1) is 0 Å². The van der Waals surface area contributed by atoms with Gasteiger partial charge in [0.1, 0.15) is 0 Å². The van der Waals surface area contributed by atoms with Crippen molar-refractivity contribution in [3.05, 3.63) is 0 Å². The van der Waals surface area contributed by atoms with E-state index in [-0.39, 0.29) is 12.4 Å². The highest BCUT2D eigenvalue weighted by atomic mass is 35.5. The van der Waals surface area contributed by atoms with Gasteiger partial charge in [0.25, 0.3) is 0 Å². The lowest BCUT2D eigenvalue weighted by Crippen LogP contribution is -2.25. The molecule has 1 nitrogen and oxygen atoms in total. The van der Waals surface area contributed by atoms with Crippen molar-refractivity contribution in [3.8, 4) is 0 Å². The Morgan fingerprint density at radius 3 is 1.91 bits per heavy atom. The highest BCUT2D eigenvalue weighted by molar-refractivity contribution is 5.85. The standard InChI is InChI=1S/C9H19N.ClH/c1-8(10)9-6-4-2-3-5-7-9;/h8-9H,2-7,10H2,1H3;1H/t8-;/m0./s1. The molecule has 2 heteroatoms. The SMILES string of the molecule is C[C@H](N)C1CCCCCC1.Cl. The third-order valence-corrected chi connectivity index (χ3v) is 2.64. The maximum Gasteiger partial charge on any atom is 0.00387 e. The first-order chi connectivity index (χ1) is 4.80. The Hall–Kier alpha value is 0.250. The fraction of sp³-hybridized carbons (Fsp3) is 1.00. The maximum atomic E-state index is 5.84. The van der Waals surface area contributed by atoms with Crippen LogP contribution in [0.2, 0.25) is 0 Å². The summed E-state index contributed by atoms with van der Waals surface area (Å²) in [6.07, 6.45) is 8.43. The number of nitrogens with two attached hydrogens (primary N) is 1. The third kappa shape index (κ3) is 3.97. The van der Waals surface area contributed by atoms with E-state index in [2.05, 4.69) is 6.92 Å². The molecule has 0 bridgehead atoms. The van der Waals surface area contributed by atoms with Crippen molar-refractivity contribution in [2.75, 3.05) is 0 Å². The average Bonchev–Trinajstić information content (AvgIpc) is 2.12. The second kappa shape index (κ2) is 5.84. The number of rotatable bonds is 1. The Bertz CT molecular complexity index is 85.6. The average molecular weight is 178 g/mol. The van der Waals surface area contributed by atoms with Crippen LogP contribution < -0.4 is 5.73 Å². The number of hydrogen-bond acceptors (Lipinski definition) is 1. The molecule has 0 aromatic carbocycles. The predicted octanol–water partition coefficient (Wildman–Crippen LogP) is 2.73. The molecule has 1 aliphatic rings. The molecule has 68 valence electrons. The summed E-state index contributed by atoms with van der Waals surface area (Å²) in [5.74, 6) is 0.822. The van der Waals surface area contributed by atoms with Crippen molar-refractivity contribution < 1.29 is 0 Å². The van der Waals surface area contributed by atoms with Crippen LogP contribution in [0.25, 0.3) is 0 Å². The van der Waals surface area contributed by atoms with Gasteiger partial charge in [0.2, 0.25) is 0 Å². The molecule has 1 rings (SSSR count). The predicted molar refractivity (Wildman–Crippen MR) is 52.1 cm³/mol. The van der Waals surface area contributed by atoms with Gasteiger partial charge >= 0.3 is 0 Å². The van der Waals surface area contributed by atoms with E-state index in [9.17, 15) is 0 Å². The lowest BCUT2D eigenvalue weighted by atomic mass is 9.94. The van der Waals surface area contributed by atoms with Gasteiger partial charge in [-0.3, -0.25) is 0 Å². The lowest BCUT2D eigenvalue weighted by Gasteiger charge is -2.17. The largest absolute Gasteiger partial charge is 0.328 e. The van der Waals surface area contributed by atoms with Gasteiger partial charge in [-0.25, -0.2) is 0 Å². The Morgan fingerprint density at radius 2 is 1.55 bits per heavy atom. The van der Waals surface area contributed by atoms with Crippen LogP contribution in [0.1, 0.15) is 45.4 Å². The van der Waals surface area contributed by atoms with Crippen LogP contribution in [-0.4, -0.2) is 6.04 Å². The van der Waals surface area contributed by atoms with Crippen molar-refractivity contribution in [3.63, 3.8) is 0 Å². The topological polar surface area (TPSA) is 26.0 Å². The highest BCUT2D eigenvalue weighted by Gasteiger charge is 2.14. The first kappa shape index (κ1) is 11.2. The molecule has 1 saturated carbocycles. The summed E-state index contributed by atoms with van der Waals surface area (Å²) < 4.78 is 0. The molecular weight excluding hydrogens is 158 g/mol. The molecule has 0 aromatic rings. The molecule has 0 heterocycles. The summed E-state index contributed by atoms with van der Waals surface area (Å²) in [4.78, 5) is 0. The minimum Gasteiger partial charge on any atom is -0.328 e. The molecular formula is C9H20ClN. The zero-order valence-electron chi connectivity index (χ0n) is 7.38. The van der Waals surface area contributed by atoms with Crippen LogP contribution in [0.4, 0.5) is 0 Å². The van der Waals surface area contributed by atoms with Crippen molar-refractivity contribution in [2.45, 2.75) is 51.5 Å². The summed E-state index contributed by atoms with van der Waals surface area (Å²) in [6.45, 7) is 2.15. The van der Waals surface area contributed by atoms with E-state index < -0.39 is 0 Å². The Balaban J connectivity index is 0.000001000. The molecule has 0 aliphatic heterocycles. The molecule has 0 spiro atoms. The van der Waals surface area contributed by atoms with Crippen molar-refractivity contribution in [1.82, 2.24) is 0 Å². The first-order valence-corrected chi connectivity index (χ1v) is 4.56. The van der Waals surface area contributed by atoms with Gasteiger partial charge in [-0.1, -0.05) is 25.7 Å². The monoisotopic (exact) mass is 177 g/mol. The van der Waals surface area contributed by atoms with E-state index in [1.54, 1.807) is 0 Å². The Labute approximate surface area is 76.1 Å². The van der Waals surface area contributed by atoms with Gasteiger partial charge in [0, 0.05) is 6.04 Å². The second-order valence-corrected chi connectivity index (χ2v) is 3.61. The first-order valence-electron chi connectivity index (χ1n) is 4.56. The third-order valence-electron chi connectivity index (χ3n) is 2.64. The zero-order chi connectivity index (χ0) is 7.40. The quantitative estimate of drug-likeness (QED) is 0.613. The molecule has 1 aliphatic carbocycles. The van der Waals surface area contributed by atoms with Crippen molar-refractivity contribution in [1.29, 1.82) is 0 Å². The fourth-order valence-electron chi connectivity index (χ4n) is 1.84. The Morgan fingerprint density at radius 1 is 1.09 bits per heavy atom. The minimum absolute atomic E-state index is 0. The van der Waals surface area contributed by atoms with E-state index in [1.807, 2.05) is 0 Å². The van der Waals surface area contributed by atoms with Gasteiger partial charge in [-0.15, -0.1) is 12.4 Å². The number of halogens is 1. The van der Waals surface area contributed by atoms with E-state index >= 15 is 0 Å². The lowest BCUT2D eigenvalue weighted by molar-refractivity contribution is 0.393. The summed E-state index contributed by atoms with van der Waals surface area (Å²) in [7, 11) is 0. The van der Waals surface area contributed by atoms with Crippen LogP contribution in [0.15, 0.2) is 0 Å². The summed E-state index contributed by atoms with van der Waals surface area (Å²) in [6, 6.07) is 0.429. The van der Waals surface area contributed by atoms with Gasteiger partial charge in [-0.05, 0) is 25.7 Å². The summed E-state index contributed by atoms with van der Waals surface area (Å²) in [5.41, 5.74) is 5.84. The Kier molecular flexibility index (Phi) is 5.98. The van der Waals surface area contributed by atoms with E-state index in [1.165, 1.54) is 38.5 Å². The molecule has 0 saturated heterocycles. The zero-order valence-corrected chi connectivity index (χ0v) is 8.20. The van der Waals surface area contributed by atoms with Crippen LogP contribution in [0, 0.1) is 5.92 Å². The van der Waals surface area contributed by atoms with Crippen LogP contribution in [-0.2, 0) is 0 Å². The van der Waals surface area contributed by atoms with Gasteiger partial charge in [0.15, 0.2) is 0 Å². The van der Waals surface area contributed by atoms with Gasteiger partial charge < -0.3 is 5.73 Å². The second-order valence-electron chi connectivity index (χ2n) is 3.61. The summed E-state index contributed by atoms with van der Waals surface area (Å²) >= 11 is 0. The minimum atomic E-state index is 0. The molecule has 0 aromatic heterocycles. The van der Waals surface area contributed by atoms with Gasteiger partial charge in [-0.2, -0.15) is 0 Å². The van der Waals surface area contributed by atoms with Crippen molar-refractivity contribution in [2.24, 2.45) is 11.7 Å². The fourth-order valence-corrected chi connectivity index (χ4v) is 1.84. The van der Waals surface area contributed by atoms with Crippen LogP contribution in [0.3, 0.4) is 0 Å². The molecule has 1 fully saturated rings. The normalized spacial score (nSPS) is 23.5. The molecule has 11 heavy (non-hydrogen) atoms. The molecule has 1 atom stereocenters. The molecule has 0 unspecified atom stereocenters. The summed E-state index contributed by atoms with van der Waals surface area (Å²) in [5, 5.41) is 0. The highest BCUT2D eigenvalue weighted by Crippen LogP contribution is 2.24. The molecule has 0 amide bonds. The smallest absolute Gasteiger partial charge is 0.00387 e. The van der Waals surface area contributed by atoms with E-state index in [0.717, 1.165) is 5.92 Å². The molecule has 2 N–H and O–H groups in total. The molecule has 0 radical (unpaired) electrons. The van der Waals surface area contributed by atoms with Crippen molar-refractivity contribution >= 4 is 12.4 Å². The van der Waals surface area contributed by atoms with Crippen LogP contribution >= 0.6 is 12.4 Å². The van der Waals surface area contributed by atoms with E-state index in [4.69, 9.17) is 5.73 Å². The maximum absolute atomic E-state index is 5.84. The number of hydrogen-bond donors (Lipinski definition) is 1. The van der Waals surface area contributed by atoms with E-state index in [0.29, 0.717) is 6.04 Å². The van der Waals surface area contributed by atoms with Crippen LogP contribution in [0.5, 0.6) is 0 Å².